The maximum Gasteiger partial charge on any atom is 0.193 e. The largest absolute Gasteiger partial charge is 0.356 e. The van der Waals surface area contributed by atoms with Gasteiger partial charge in [0.15, 0.2) is 5.96 Å². The number of rotatable bonds is 6. The zero-order valence-electron chi connectivity index (χ0n) is 18.8. The van der Waals surface area contributed by atoms with E-state index < -0.39 is 0 Å². The monoisotopic (exact) mass is 516 g/mol. The maximum atomic E-state index is 4.56. The molecule has 3 heterocycles. The molecule has 1 N–H and O–H groups in total. The van der Waals surface area contributed by atoms with Crippen molar-refractivity contribution in [3.8, 4) is 0 Å². The Hall–Kier alpha value is -0.830. The van der Waals surface area contributed by atoms with Gasteiger partial charge in [0, 0.05) is 52.2 Å². The Morgan fingerprint density at radius 3 is 2.55 bits per heavy atom. The molecule has 2 aliphatic heterocycles. The Morgan fingerprint density at radius 2 is 1.90 bits per heavy atom. The van der Waals surface area contributed by atoms with Crippen LogP contribution in [0, 0.1) is 17.8 Å². The fraction of sp³-hybridized carbons (Fsp3) is 0.818. The van der Waals surface area contributed by atoms with Crippen LogP contribution in [-0.4, -0.2) is 71.6 Å². The molecular weight excluding hydrogens is 475 g/mol. The smallest absolute Gasteiger partial charge is 0.193 e. The fourth-order valence-corrected chi connectivity index (χ4v) is 5.06. The first-order chi connectivity index (χ1) is 13.6. The summed E-state index contributed by atoms with van der Waals surface area (Å²) in [6.07, 6.45) is 11.0. The number of unbranched alkanes of at least 4 members (excludes halogenated alkanes) is 1. The van der Waals surface area contributed by atoms with Crippen molar-refractivity contribution in [1.82, 2.24) is 24.7 Å². The molecule has 4 unspecified atom stereocenters. The van der Waals surface area contributed by atoms with Crippen molar-refractivity contribution < 1.29 is 0 Å². The van der Waals surface area contributed by atoms with Gasteiger partial charge in [-0.3, -0.25) is 4.99 Å². The standard InChI is InChI=1S/C22H40N6.HI/c1-18-13-19(2)15-26(14-18)10-6-5-8-25-22(23-4)27-11-7-20(3)21(16-27)28-12-9-24-17-28;/h9,12,17-21H,5-8,10-11,13-16H2,1-4H3,(H,23,25);1H. The van der Waals surface area contributed by atoms with E-state index in [1.165, 1.54) is 45.3 Å². The van der Waals surface area contributed by atoms with Crippen LogP contribution in [0.15, 0.2) is 23.7 Å². The van der Waals surface area contributed by atoms with E-state index in [4.69, 9.17) is 0 Å². The van der Waals surface area contributed by atoms with Crippen LogP contribution in [-0.2, 0) is 0 Å². The van der Waals surface area contributed by atoms with Crippen molar-refractivity contribution in [3.05, 3.63) is 18.7 Å². The summed E-state index contributed by atoms with van der Waals surface area (Å²) >= 11 is 0. The summed E-state index contributed by atoms with van der Waals surface area (Å²) in [6.45, 7) is 14.0. The summed E-state index contributed by atoms with van der Waals surface area (Å²) in [7, 11) is 1.91. The quantitative estimate of drug-likeness (QED) is 0.271. The Kier molecular flexibility index (Phi) is 10.2. The molecule has 2 saturated heterocycles. The molecule has 2 fully saturated rings. The predicted molar refractivity (Wildman–Crippen MR) is 132 cm³/mol. The number of hydrogen-bond donors (Lipinski definition) is 1. The van der Waals surface area contributed by atoms with Crippen molar-refractivity contribution in [2.75, 3.05) is 46.3 Å². The van der Waals surface area contributed by atoms with Crippen molar-refractivity contribution in [3.63, 3.8) is 0 Å². The van der Waals surface area contributed by atoms with E-state index in [0.29, 0.717) is 12.0 Å². The number of aromatic nitrogens is 2. The summed E-state index contributed by atoms with van der Waals surface area (Å²) in [5.41, 5.74) is 0. The van der Waals surface area contributed by atoms with Gasteiger partial charge in [-0.1, -0.05) is 20.8 Å². The summed E-state index contributed by atoms with van der Waals surface area (Å²) < 4.78 is 2.25. The molecule has 166 valence electrons. The SMILES string of the molecule is CN=C(NCCCCN1CC(C)CC(C)C1)N1CCC(C)C(n2ccnc2)C1.I. The van der Waals surface area contributed by atoms with E-state index >= 15 is 0 Å². The molecule has 0 spiro atoms. The highest BCUT2D eigenvalue weighted by molar-refractivity contribution is 14.0. The lowest BCUT2D eigenvalue weighted by molar-refractivity contribution is 0.139. The summed E-state index contributed by atoms with van der Waals surface area (Å²) in [5, 5.41) is 3.61. The van der Waals surface area contributed by atoms with E-state index in [-0.39, 0.29) is 24.0 Å². The highest BCUT2D eigenvalue weighted by atomic mass is 127. The van der Waals surface area contributed by atoms with Crippen LogP contribution in [0.1, 0.15) is 52.5 Å². The zero-order chi connectivity index (χ0) is 19.9. The van der Waals surface area contributed by atoms with Gasteiger partial charge in [0.1, 0.15) is 0 Å². The normalized spacial score (nSPS) is 28.8. The minimum Gasteiger partial charge on any atom is -0.356 e. The third-order valence-corrected chi connectivity index (χ3v) is 6.47. The van der Waals surface area contributed by atoms with Crippen LogP contribution in [0.5, 0.6) is 0 Å². The number of imidazole rings is 1. The van der Waals surface area contributed by atoms with Crippen molar-refractivity contribution in [2.24, 2.45) is 22.7 Å². The van der Waals surface area contributed by atoms with Crippen molar-refractivity contribution in [1.29, 1.82) is 0 Å². The molecule has 6 nitrogen and oxygen atoms in total. The first-order valence-electron chi connectivity index (χ1n) is 11.2. The number of aliphatic imine (C=N–C) groups is 1. The van der Waals surface area contributed by atoms with Gasteiger partial charge in [0.2, 0.25) is 0 Å². The summed E-state index contributed by atoms with van der Waals surface area (Å²) in [5.74, 6) is 3.42. The van der Waals surface area contributed by atoms with Gasteiger partial charge in [0.25, 0.3) is 0 Å². The molecule has 0 amide bonds. The summed E-state index contributed by atoms with van der Waals surface area (Å²) in [6, 6.07) is 0.470. The molecule has 0 bridgehead atoms. The number of halogens is 1. The molecule has 1 aromatic rings. The molecule has 7 heteroatoms. The van der Waals surface area contributed by atoms with Crippen LogP contribution in [0.4, 0.5) is 0 Å². The number of guanidine groups is 1. The fourth-order valence-electron chi connectivity index (χ4n) is 5.06. The third-order valence-electron chi connectivity index (χ3n) is 6.47. The lowest BCUT2D eigenvalue weighted by atomic mass is 9.92. The minimum atomic E-state index is 0. The molecule has 0 radical (unpaired) electrons. The van der Waals surface area contributed by atoms with Gasteiger partial charge < -0.3 is 19.7 Å². The topological polar surface area (TPSA) is 48.7 Å². The van der Waals surface area contributed by atoms with E-state index in [9.17, 15) is 0 Å². The number of nitrogens with zero attached hydrogens (tertiary/aromatic N) is 5. The Balaban J connectivity index is 0.00000300. The third kappa shape index (κ3) is 7.12. The highest BCUT2D eigenvalue weighted by Gasteiger charge is 2.28. The number of nitrogens with one attached hydrogen (secondary N) is 1. The van der Waals surface area contributed by atoms with Gasteiger partial charge in [-0.15, -0.1) is 24.0 Å². The van der Waals surface area contributed by atoms with Gasteiger partial charge >= 0.3 is 0 Å². The van der Waals surface area contributed by atoms with Crippen LogP contribution in [0.3, 0.4) is 0 Å². The van der Waals surface area contributed by atoms with Crippen molar-refractivity contribution in [2.45, 2.75) is 52.5 Å². The molecule has 29 heavy (non-hydrogen) atoms. The van der Waals surface area contributed by atoms with Gasteiger partial charge in [0.05, 0.1) is 12.4 Å². The van der Waals surface area contributed by atoms with Crippen molar-refractivity contribution >= 4 is 29.9 Å². The Morgan fingerprint density at radius 1 is 1.14 bits per heavy atom. The summed E-state index contributed by atoms with van der Waals surface area (Å²) in [4.78, 5) is 13.9. The second-order valence-electron chi connectivity index (χ2n) is 9.18. The van der Waals surface area contributed by atoms with Crippen LogP contribution >= 0.6 is 24.0 Å². The minimum absolute atomic E-state index is 0. The molecule has 0 aliphatic carbocycles. The molecule has 4 atom stereocenters. The Bertz CT molecular complexity index is 594. The number of hydrogen-bond acceptors (Lipinski definition) is 3. The average Bonchev–Trinajstić information content (AvgIpc) is 3.19. The van der Waals surface area contributed by atoms with Gasteiger partial charge in [-0.05, 0) is 50.0 Å². The van der Waals surface area contributed by atoms with Crippen LogP contribution < -0.4 is 5.32 Å². The van der Waals surface area contributed by atoms with E-state index in [2.05, 4.69) is 56.6 Å². The highest BCUT2D eigenvalue weighted by Crippen LogP contribution is 2.27. The first-order valence-corrected chi connectivity index (χ1v) is 11.2. The maximum absolute atomic E-state index is 4.56. The van der Waals surface area contributed by atoms with E-state index in [1.807, 2.05) is 19.6 Å². The lowest BCUT2D eigenvalue weighted by Gasteiger charge is -2.39. The zero-order valence-corrected chi connectivity index (χ0v) is 21.1. The number of likely N-dealkylation sites (tertiary alicyclic amines) is 2. The van der Waals surface area contributed by atoms with Gasteiger partial charge in [-0.2, -0.15) is 0 Å². The van der Waals surface area contributed by atoms with Crippen LogP contribution in [0.2, 0.25) is 0 Å². The first kappa shape index (κ1) is 24.4. The van der Waals surface area contributed by atoms with Crippen LogP contribution in [0.25, 0.3) is 0 Å². The van der Waals surface area contributed by atoms with E-state index in [1.54, 1.807) is 0 Å². The second kappa shape index (κ2) is 12.1. The van der Waals surface area contributed by atoms with E-state index in [0.717, 1.165) is 37.4 Å². The Labute approximate surface area is 194 Å². The molecule has 0 saturated carbocycles. The lowest BCUT2D eigenvalue weighted by Crippen LogP contribution is -2.49. The molecule has 1 aromatic heterocycles. The molecule has 2 aliphatic rings. The predicted octanol–water partition coefficient (Wildman–Crippen LogP) is 3.72. The van der Waals surface area contributed by atoms with Gasteiger partial charge in [-0.25, -0.2) is 4.98 Å². The molecule has 0 aromatic carbocycles. The molecular formula is C22H41IN6. The number of piperidine rings is 2. The molecule has 3 rings (SSSR count). The average molecular weight is 517 g/mol. The second-order valence-corrected chi connectivity index (χ2v) is 9.18.